The number of morpholine rings is 1. The van der Waals surface area contributed by atoms with Gasteiger partial charge in [0.15, 0.2) is 0 Å². The van der Waals surface area contributed by atoms with Gasteiger partial charge in [0.05, 0.1) is 11.6 Å². The van der Waals surface area contributed by atoms with Gasteiger partial charge in [-0.15, -0.1) is 0 Å². The standard InChI is InChI=1S/C17H23NO2/c1-12-5-4-8-17(9-12)11-18-14-10-19-15-7-3-2-6-13(15)16(14)20-17/h2-3,6-7,12,14,16,18H,4-5,8-11H2,1H3. The summed E-state index contributed by atoms with van der Waals surface area (Å²) in [6.45, 7) is 4.05. The molecule has 1 N–H and O–H groups in total. The van der Waals surface area contributed by atoms with Crippen LogP contribution in [0.1, 0.15) is 44.3 Å². The molecule has 2 heterocycles. The van der Waals surface area contributed by atoms with Crippen molar-refractivity contribution in [2.45, 2.75) is 50.4 Å². The van der Waals surface area contributed by atoms with Gasteiger partial charge >= 0.3 is 0 Å². The first kappa shape index (κ1) is 12.7. The Morgan fingerprint density at radius 3 is 3.10 bits per heavy atom. The zero-order valence-electron chi connectivity index (χ0n) is 12.1. The minimum absolute atomic E-state index is 0.0449. The molecule has 0 amide bonds. The Hall–Kier alpha value is -1.06. The SMILES string of the molecule is CC1CCCC2(CNC3COc4ccccc4C3O2)C1. The Bertz CT molecular complexity index is 504. The van der Waals surface area contributed by atoms with Crippen molar-refractivity contribution in [1.82, 2.24) is 5.32 Å². The maximum absolute atomic E-state index is 6.67. The van der Waals surface area contributed by atoms with Gasteiger partial charge in [-0.25, -0.2) is 0 Å². The maximum atomic E-state index is 6.67. The van der Waals surface area contributed by atoms with Crippen molar-refractivity contribution in [3.05, 3.63) is 29.8 Å². The van der Waals surface area contributed by atoms with Gasteiger partial charge in [0.25, 0.3) is 0 Å². The van der Waals surface area contributed by atoms with E-state index in [-0.39, 0.29) is 11.7 Å². The minimum Gasteiger partial charge on any atom is -0.491 e. The lowest BCUT2D eigenvalue weighted by atomic mass is 9.77. The largest absolute Gasteiger partial charge is 0.491 e. The molecular formula is C17H23NO2. The molecule has 20 heavy (non-hydrogen) atoms. The van der Waals surface area contributed by atoms with E-state index in [1.165, 1.54) is 31.2 Å². The highest BCUT2D eigenvalue weighted by atomic mass is 16.5. The number of nitrogens with one attached hydrogen (secondary N) is 1. The predicted molar refractivity (Wildman–Crippen MR) is 77.9 cm³/mol. The van der Waals surface area contributed by atoms with Gasteiger partial charge in [-0.2, -0.15) is 0 Å². The fourth-order valence-electron chi connectivity index (χ4n) is 4.15. The molecule has 1 saturated carbocycles. The molecule has 1 aromatic rings. The summed E-state index contributed by atoms with van der Waals surface area (Å²) in [6, 6.07) is 8.62. The van der Waals surface area contributed by atoms with E-state index in [1.807, 2.05) is 6.07 Å². The van der Waals surface area contributed by atoms with Crippen LogP contribution in [0.25, 0.3) is 0 Å². The molecule has 1 aromatic carbocycles. The Kier molecular flexibility index (Phi) is 3.00. The van der Waals surface area contributed by atoms with E-state index in [0.717, 1.165) is 18.2 Å². The number of hydrogen-bond acceptors (Lipinski definition) is 3. The van der Waals surface area contributed by atoms with Crippen molar-refractivity contribution in [3.63, 3.8) is 0 Å². The topological polar surface area (TPSA) is 30.5 Å². The molecule has 0 radical (unpaired) electrons. The molecule has 4 atom stereocenters. The fraction of sp³-hybridized carbons (Fsp3) is 0.647. The second kappa shape index (κ2) is 4.74. The molecule has 3 aliphatic rings. The average Bonchev–Trinajstić information content (AvgIpc) is 2.47. The van der Waals surface area contributed by atoms with Gasteiger partial charge in [0, 0.05) is 12.1 Å². The van der Waals surface area contributed by atoms with Gasteiger partial charge in [-0.1, -0.05) is 38.0 Å². The normalized spacial score (nSPS) is 39.8. The van der Waals surface area contributed by atoms with Crippen LogP contribution < -0.4 is 10.1 Å². The summed E-state index contributed by atoms with van der Waals surface area (Å²) in [5, 5.41) is 3.69. The third-order valence-corrected chi connectivity index (χ3v) is 5.12. The fourth-order valence-corrected chi connectivity index (χ4v) is 4.15. The highest BCUT2D eigenvalue weighted by Crippen LogP contribution is 2.45. The summed E-state index contributed by atoms with van der Waals surface area (Å²) < 4.78 is 12.5. The van der Waals surface area contributed by atoms with Crippen molar-refractivity contribution < 1.29 is 9.47 Å². The van der Waals surface area contributed by atoms with Gasteiger partial charge in [-0.3, -0.25) is 0 Å². The Balaban J connectivity index is 1.63. The Morgan fingerprint density at radius 1 is 1.30 bits per heavy atom. The Morgan fingerprint density at radius 2 is 2.20 bits per heavy atom. The van der Waals surface area contributed by atoms with Crippen LogP contribution in [0.15, 0.2) is 24.3 Å². The van der Waals surface area contributed by atoms with Crippen LogP contribution in [-0.2, 0) is 4.74 Å². The molecule has 108 valence electrons. The van der Waals surface area contributed by atoms with E-state index in [4.69, 9.17) is 9.47 Å². The molecule has 1 spiro atoms. The summed E-state index contributed by atoms with van der Waals surface area (Å²) in [6.07, 6.45) is 5.17. The monoisotopic (exact) mass is 273 g/mol. The second-order valence-corrected chi connectivity index (χ2v) is 6.76. The summed E-state index contributed by atoms with van der Waals surface area (Å²) in [5.74, 6) is 1.77. The molecule has 2 aliphatic heterocycles. The van der Waals surface area contributed by atoms with Crippen molar-refractivity contribution in [3.8, 4) is 5.75 Å². The van der Waals surface area contributed by atoms with Crippen LogP contribution in [0.5, 0.6) is 5.75 Å². The molecule has 4 rings (SSSR count). The lowest BCUT2D eigenvalue weighted by Crippen LogP contribution is -2.59. The molecule has 3 nitrogen and oxygen atoms in total. The van der Waals surface area contributed by atoms with Crippen LogP contribution in [-0.4, -0.2) is 24.8 Å². The molecule has 1 saturated heterocycles. The van der Waals surface area contributed by atoms with Crippen LogP contribution in [0.3, 0.4) is 0 Å². The van der Waals surface area contributed by atoms with Crippen LogP contribution in [0.4, 0.5) is 0 Å². The summed E-state index contributed by atoms with van der Waals surface area (Å²) >= 11 is 0. The smallest absolute Gasteiger partial charge is 0.125 e. The Labute approximate surface area is 120 Å². The average molecular weight is 273 g/mol. The first-order valence-corrected chi connectivity index (χ1v) is 7.89. The molecule has 3 heteroatoms. The summed E-state index contributed by atoms with van der Waals surface area (Å²) in [7, 11) is 0. The quantitative estimate of drug-likeness (QED) is 0.788. The first-order valence-electron chi connectivity index (χ1n) is 7.89. The zero-order valence-corrected chi connectivity index (χ0v) is 12.1. The highest BCUT2D eigenvalue weighted by Gasteiger charge is 2.46. The van der Waals surface area contributed by atoms with E-state index in [9.17, 15) is 0 Å². The predicted octanol–water partition coefficient (Wildman–Crippen LogP) is 3.06. The van der Waals surface area contributed by atoms with Gasteiger partial charge in [-0.05, 0) is 24.8 Å². The zero-order chi connectivity index (χ0) is 13.6. The number of para-hydroxylation sites is 1. The van der Waals surface area contributed by atoms with E-state index >= 15 is 0 Å². The number of rotatable bonds is 0. The van der Waals surface area contributed by atoms with Crippen molar-refractivity contribution in [2.75, 3.05) is 13.2 Å². The first-order chi connectivity index (χ1) is 9.76. The van der Waals surface area contributed by atoms with E-state index < -0.39 is 0 Å². The van der Waals surface area contributed by atoms with E-state index in [2.05, 4.69) is 30.4 Å². The molecule has 1 aliphatic carbocycles. The van der Waals surface area contributed by atoms with Crippen LogP contribution in [0, 0.1) is 5.92 Å². The molecule has 0 bridgehead atoms. The second-order valence-electron chi connectivity index (χ2n) is 6.76. The third-order valence-electron chi connectivity index (χ3n) is 5.12. The van der Waals surface area contributed by atoms with Crippen molar-refractivity contribution >= 4 is 0 Å². The van der Waals surface area contributed by atoms with E-state index in [1.54, 1.807) is 0 Å². The third kappa shape index (κ3) is 2.04. The minimum atomic E-state index is 0.0449. The van der Waals surface area contributed by atoms with Crippen LogP contribution >= 0.6 is 0 Å². The lowest BCUT2D eigenvalue weighted by molar-refractivity contribution is -0.169. The van der Waals surface area contributed by atoms with Gasteiger partial charge in [0.1, 0.15) is 18.5 Å². The van der Waals surface area contributed by atoms with Crippen molar-refractivity contribution in [2.24, 2.45) is 5.92 Å². The highest BCUT2D eigenvalue weighted by molar-refractivity contribution is 5.38. The lowest BCUT2D eigenvalue weighted by Gasteiger charge is -2.50. The summed E-state index contributed by atoms with van der Waals surface area (Å²) in [4.78, 5) is 0. The molecular weight excluding hydrogens is 250 g/mol. The number of ether oxygens (including phenoxy) is 2. The van der Waals surface area contributed by atoms with Gasteiger partial charge in [0.2, 0.25) is 0 Å². The summed E-state index contributed by atoms with van der Waals surface area (Å²) in [5.41, 5.74) is 1.26. The van der Waals surface area contributed by atoms with Crippen LogP contribution in [0.2, 0.25) is 0 Å². The molecule has 2 fully saturated rings. The van der Waals surface area contributed by atoms with E-state index in [0.29, 0.717) is 12.6 Å². The molecule has 0 aromatic heterocycles. The molecule has 4 unspecified atom stereocenters. The maximum Gasteiger partial charge on any atom is 0.125 e. The number of fused-ring (bicyclic) bond motifs is 3. The van der Waals surface area contributed by atoms with Crippen molar-refractivity contribution in [1.29, 1.82) is 0 Å². The number of hydrogen-bond donors (Lipinski definition) is 1. The number of benzene rings is 1. The van der Waals surface area contributed by atoms with Gasteiger partial charge < -0.3 is 14.8 Å².